The number of carbonyl (C=O) groups is 1. The lowest BCUT2D eigenvalue weighted by molar-refractivity contribution is 0.262. The van der Waals surface area contributed by atoms with Gasteiger partial charge in [-0.1, -0.05) is 12.0 Å². The zero-order valence-corrected chi connectivity index (χ0v) is 10.7. The molecule has 20 heavy (non-hydrogen) atoms. The van der Waals surface area contributed by atoms with Crippen molar-refractivity contribution in [1.29, 1.82) is 0 Å². The number of nitrogens with one attached hydrogen (secondary N) is 2. The van der Waals surface area contributed by atoms with Gasteiger partial charge in [-0.25, -0.2) is 4.79 Å². The molecule has 2 amide bonds. The number of benzene rings is 1. The molecule has 1 aromatic carbocycles. The molecule has 1 aromatic heterocycles. The third-order valence-corrected chi connectivity index (χ3v) is 2.51. The number of amides is 2. The Hall–Kier alpha value is -2.78. The number of terminal acetylenes is 1. The van der Waals surface area contributed by atoms with Crippen LogP contribution in [-0.2, 0) is 6.54 Å². The van der Waals surface area contributed by atoms with Crippen LogP contribution in [0.15, 0.2) is 36.7 Å². The standard InChI is InChI=1S/C14H14N4O2/c1-2-11-4-3-5-12(8-11)16-14(20)17-13-9-15-18(10-13)6-7-19/h1,3-5,8-10,19H,6-7H2,(H2,16,17,20). The maximum Gasteiger partial charge on any atom is 0.323 e. The molecule has 0 saturated carbocycles. The molecule has 0 aliphatic rings. The van der Waals surface area contributed by atoms with Crippen molar-refractivity contribution in [2.24, 2.45) is 0 Å². The van der Waals surface area contributed by atoms with Crippen LogP contribution in [0.1, 0.15) is 5.56 Å². The maximum atomic E-state index is 11.8. The second-order valence-corrected chi connectivity index (χ2v) is 4.02. The molecule has 0 bridgehead atoms. The van der Waals surface area contributed by atoms with Crippen molar-refractivity contribution < 1.29 is 9.90 Å². The fourth-order valence-electron chi connectivity index (χ4n) is 1.63. The number of aromatic nitrogens is 2. The SMILES string of the molecule is C#Cc1cccc(NC(=O)Nc2cnn(CCO)c2)c1. The largest absolute Gasteiger partial charge is 0.394 e. The molecular formula is C14H14N4O2. The highest BCUT2D eigenvalue weighted by molar-refractivity contribution is 5.99. The minimum atomic E-state index is -0.386. The molecule has 102 valence electrons. The monoisotopic (exact) mass is 270 g/mol. The van der Waals surface area contributed by atoms with Gasteiger partial charge in [-0.3, -0.25) is 4.68 Å². The summed E-state index contributed by atoms with van der Waals surface area (Å²) in [5.74, 6) is 2.50. The number of aliphatic hydroxyl groups is 1. The fourth-order valence-corrected chi connectivity index (χ4v) is 1.63. The summed E-state index contributed by atoms with van der Waals surface area (Å²) in [6, 6.07) is 6.61. The lowest BCUT2D eigenvalue weighted by Gasteiger charge is -2.06. The van der Waals surface area contributed by atoms with Crippen molar-refractivity contribution in [2.45, 2.75) is 6.54 Å². The number of nitrogens with zero attached hydrogens (tertiary/aromatic N) is 2. The zero-order chi connectivity index (χ0) is 14.4. The number of rotatable bonds is 4. The summed E-state index contributed by atoms with van der Waals surface area (Å²) in [6.45, 7) is 0.375. The van der Waals surface area contributed by atoms with Gasteiger partial charge in [0.1, 0.15) is 0 Å². The number of aliphatic hydroxyl groups excluding tert-OH is 1. The van der Waals surface area contributed by atoms with E-state index in [0.717, 1.165) is 0 Å². The number of anilines is 2. The van der Waals surface area contributed by atoms with Crippen LogP contribution in [0.5, 0.6) is 0 Å². The van der Waals surface area contributed by atoms with Crippen molar-refractivity contribution in [1.82, 2.24) is 9.78 Å². The Bertz CT molecular complexity index is 643. The van der Waals surface area contributed by atoms with E-state index in [4.69, 9.17) is 11.5 Å². The van der Waals surface area contributed by atoms with Crippen LogP contribution in [0, 0.1) is 12.3 Å². The Morgan fingerprint density at radius 1 is 1.40 bits per heavy atom. The van der Waals surface area contributed by atoms with Gasteiger partial charge in [0, 0.05) is 17.4 Å². The molecule has 0 fully saturated rings. The predicted octanol–water partition coefficient (Wildman–Crippen LogP) is 1.50. The predicted molar refractivity (Wildman–Crippen MR) is 76.3 cm³/mol. The molecule has 0 spiro atoms. The first-order valence-corrected chi connectivity index (χ1v) is 5.99. The summed E-state index contributed by atoms with van der Waals surface area (Å²) in [6.07, 6.45) is 8.43. The van der Waals surface area contributed by atoms with Gasteiger partial charge in [-0.05, 0) is 18.2 Å². The summed E-state index contributed by atoms with van der Waals surface area (Å²) in [4.78, 5) is 11.8. The van der Waals surface area contributed by atoms with E-state index >= 15 is 0 Å². The van der Waals surface area contributed by atoms with Crippen LogP contribution < -0.4 is 10.6 Å². The van der Waals surface area contributed by atoms with E-state index in [1.165, 1.54) is 10.9 Å². The van der Waals surface area contributed by atoms with E-state index in [1.807, 2.05) is 0 Å². The Labute approximate surface area is 116 Å². The Balaban J connectivity index is 1.96. The zero-order valence-electron chi connectivity index (χ0n) is 10.7. The van der Waals surface area contributed by atoms with Crippen LogP contribution in [0.2, 0.25) is 0 Å². The van der Waals surface area contributed by atoms with Crippen molar-refractivity contribution in [2.75, 3.05) is 17.2 Å². The minimum Gasteiger partial charge on any atom is -0.394 e. The molecule has 0 radical (unpaired) electrons. The van der Waals surface area contributed by atoms with Gasteiger partial charge in [0.15, 0.2) is 0 Å². The third-order valence-electron chi connectivity index (χ3n) is 2.51. The van der Waals surface area contributed by atoms with Crippen molar-refractivity contribution >= 4 is 17.4 Å². The molecule has 0 atom stereocenters. The van der Waals surface area contributed by atoms with Crippen LogP contribution in [0.4, 0.5) is 16.2 Å². The van der Waals surface area contributed by atoms with E-state index in [2.05, 4.69) is 21.7 Å². The van der Waals surface area contributed by atoms with E-state index < -0.39 is 0 Å². The highest BCUT2D eigenvalue weighted by Crippen LogP contribution is 2.11. The van der Waals surface area contributed by atoms with Gasteiger partial charge in [0.2, 0.25) is 0 Å². The quantitative estimate of drug-likeness (QED) is 0.737. The first-order valence-electron chi connectivity index (χ1n) is 5.99. The van der Waals surface area contributed by atoms with Crippen molar-refractivity contribution in [3.63, 3.8) is 0 Å². The van der Waals surface area contributed by atoms with E-state index in [1.54, 1.807) is 30.5 Å². The van der Waals surface area contributed by atoms with Crippen LogP contribution >= 0.6 is 0 Å². The van der Waals surface area contributed by atoms with Gasteiger partial charge >= 0.3 is 6.03 Å². The number of hydrogen-bond acceptors (Lipinski definition) is 3. The number of urea groups is 1. The number of hydrogen-bond donors (Lipinski definition) is 3. The van der Waals surface area contributed by atoms with Gasteiger partial charge in [0.05, 0.1) is 25.0 Å². The molecule has 6 nitrogen and oxygen atoms in total. The second kappa shape index (κ2) is 6.41. The number of carbonyl (C=O) groups excluding carboxylic acids is 1. The third kappa shape index (κ3) is 3.60. The molecule has 1 heterocycles. The summed E-state index contributed by atoms with van der Waals surface area (Å²) < 4.78 is 1.54. The fraction of sp³-hybridized carbons (Fsp3) is 0.143. The van der Waals surface area contributed by atoms with Gasteiger partial charge < -0.3 is 15.7 Å². The van der Waals surface area contributed by atoms with Crippen LogP contribution in [0.3, 0.4) is 0 Å². The molecular weight excluding hydrogens is 256 g/mol. The van der Waals surface area contributed by atoms with E-state index in [0.29, 0.717) is 23.5 Å². The molecule has 0 aliphatic heterocycles. The topological polar surface area (TPSA) is 79.2 Å². The van der Waals surface area contributed by atoms with E-state index in [-0.39, 0.29) is 12.6 Å². The Kier molecular flexibility index (Phi) is 4.37. The van der Waals surface area contributed by atoms with Crippen molar-refractivity contribution in [3.05, 3.63) is 42.2 Å². The lowest BCUT2D eigenvalue weighted by atomic mass is 10.2. The molecule has 3 N–H and O–H groups in total. The van der Waals surface area contributed by atoms with Crippen molar-refractivity contribution in [3.8, 4) is 12.3 Å². The molecule has 0 aliphatic carbocycles. The maximum absolute atomic E-state index is 11.8. The normalized spacial score (nSPS) is 9.80. The van der Waals surface area contributed by atoms with Gasteiger partial charge in [0.25, 0.3) is 0 Å². The summed E-state index contributed by atoms with van der Waals surface area (Å²) in [7, 11) is 0. The summed E-state index contributed by atoms with van der Waals surface area (Å²) in [5.41, 5.74) is 1.85. The smallest absolute Gasteiger partial charge is 0.323 e. The summed E-state index contributed by atoms with van der Waals surface area (Å²) >= 11 is 0. The van der Waals surface area contributed by atoms with Crippen LogP contribution in [-0.4, -0.2) is 27.5 Å². The van der Waals surface area contributed by atoms with Gasteiger partial charge in [-0.2, -0.15) is 5.10 Å². The Morgan fingerprint density at radius 2 is 2.20 bits per heavy atom. The average molecular weight is 270 g/mol. The van der Waals surface area contributed by atoms with Gasteiger partial charge in [-0.15, -0.1) is 6.42 Å². The molecule has 0 saturated heterocycles. The highest BCUT2D eigenvalue weighted by Gasteiger charge is 2.05. The van der Waals surface area contributed by atoms with Crippen LogP contribution in [0.25, 0.3) is 0 Å². The molecule has 0 unspecified atom stereocenters. The summed E-state index contributed by atoms with van der Waals surface area (Å²) in [5, 5.41) is 18.1. The first kappa shape index (κ1) is 13.6. The average Bonchev–Trinajstić information content (AvgIpc) is 2.86. The first-order chi connectivity index (χ1) is 9.71. The Morgan fingerprint density at radius 3 is 2.95 bits per heavy atom. The molecule has 2 aromatic rings. The minimum absolute atomic E-state index is 0.00774. The molecule has 2 rings (SSSR count). The lowest BCUT2D eigenvalue weighted by Crippen LogP contribution is -2.19. The molecule has 6 heteroatoms. The highest BCUT2D eigenvalue weighted by atomic mass is 16.3. The van der Waals surface area contributed by atoms with E-state index in [9.17, 15) is 4.79 Å². The second-order valence-electron chi connectivity index (χ2n) is 4.02.